The third kappa shape index (κ3) is 24.2. The van der Waals surface area contributed by atoms with Crippen LogP contribution < -0.4 is 5.73 Å². The van der Waals surface area contributed by atoms with E-state index in [4.69, 9.17) is 11.1 Å². The third-order valence-corrected chi connectivity index (χ3v) is 0. The molecule has 0 heterocycles. The number of rotatable bonds is 0. The molecule has 2 nitrogen and oxygen atoms in total. The van der Waals surface area contributed by atoms with E-state index in [-0.39, 0.29) is 0 Å². The summed E-state index contributed by atoms with van der Waals surface area (Å²) in [7, 11) is 0. The summed E-state index contributed by atoms with van der Waals surface area (Å²) < 4.78 is 0.306. The van der Waals surface area contributed by atoms with E-state index in [9.17, 15) is 0 Å². The van der Waals surface area contributed by atoms with Gasteiger partial charge in [0.05, 0.1) is 0 Å². The first-order chi connectivity index (χ1) is 1.73. The Labute approximate surface area is 42.3 Å². The summed E-state index contributed by atoms with van der Waals surface area (Å²) in [4.78, 5) is 0. The average Bonchev–Trinajstić information content (AvgIpc) is 0.811. The summed E-state index contributed by atoms with van der Waals surface area (Å²) in [6.45, 7) is 0. The van der Waals surface area contributed by atoms with Gasteiger partial charge in [-0.15, -0.1) is 0 Å². The molecule has 0 spiro atoms. The van der Waals surface area contributed by atoms with E-state index in [1.54, 1.807) is 0 Å². The van der Waals surface area contributed by atoms with E-state index in [0.29, 0.717) is 31.0 Å². The SMILES string of the molecule is N=[C](N)[Na]. The first kappa shape index (κ1) is 4.47. The maximum atomic E-state index is 6.34. The predicted molar refractivity (Wildman–Crippen MR) is 17.7 cm³/mol. The number of nitrogens with one attached hydrogen (secondary N) is 1. The van der Waals surface area contributed by atoms with Crippen LogP contribution in [0.15, 0.2) is 0 Å². The van der Waals surface area contributed by atoms with Gasteiger partial charge in [-0.2, -0.15) is 0 Å². The van der Waals surface area contributed by atoms with Crippen LogP contribution in [-0.2, 0) is 0 Å². The van der Waals surface area contributed by atoms with Crippen molar-refractivity contribution in [3.8, 4) is 0 Å². The molecule has 0 fully saturated rings. The van der Waals surface area contributed by atoms with Crippen LogP contribution >= 0.6 is 0 Å². The molecule has 3 N–H and O–H groups in total. The Kier molecular flexibility index (Phi) is 1.96. The Balaban J connectivity index is 2.80. The van der Waals surface area contributed by atoms with Crippen LogP contribution in [0.25, 0.3) is 0 Å². The summed E-state index contributed by atoms with van der Waals surface area (Å²) in [5.41, 5.74) is 4.76. The number of hydrogen-bond acceptors (Lipinski definition) is 1. The molecule has 0 aromatic heterocycles. The number of amidine groups is 1. The van der Waals surface area contributed by atoms with Crippen molar-refractivity contribution in [2.45, 2.75) is 0 Å². The molecule has 0 aliphatic carbocycles. The van der Waals surface area contributed by atoms with Crippen LogP contribution in [-0.4, -0.2) is 31.0 Å². The predicted octanol–water partition coefficient (Wildman–Crippen LogP) is -0.952. The normalized spacial score (nSPS) is 6.50. The third-order valence-electron chi connectivity index (χ3n) is 0. The van der Waals surface area contributed by atoms with Crippen molar-refractivity contribution in [1.82, 2.24) is 0 Å². The van der Waals surface area contributed by atoms with E-state index in [1.165, 1.54) is 0 Å². The molecule has 0 atom stereocenters. The monoisotopic (exact) mass is 66.0 g/mol. The molecule has 0 aliphatic heterocycles. The molecule has 3 heteroatoms. The molecule has 0 saturated carbocycles. The van der Waals surface area contributed by atoms with Gasteiger partial charge in [-0.05, 0) is 0 Å². The van der Waals surface area contributed by atoms with E-state index in [0.717, 1.165) is 0 Å². The summed E-state index contributed by atoms with van der Waals surface area (Å²) >= 11 is 0.710. The second-order valence-corrected chi connectivity index (χ2v) is 1.76. The zero-order chi connectivity index (χ0) is 3.58. The van der Waals surface area contributed by atoms with Crippen molar-refractivity contribution in [3.63, 3.8) is 0 Å². The zero-order valence-electron chi connectivity index (χ0n) is 2.58. The molecule has 0 saturated heterocycles. The molecule has 0 amide bonds. The summed E-state index contributed by atoms with van der Waals surface area (Å²) in [5, 5.41) is 6.34. The number of nitrogens with two attached hydrogens (primary N) is 1. The van der Waals surface area contributed by atoms with Gasteiger partial charge in [0.25, 0.3) is 0 Å². The van der Waals surface area contributed by atoms with Crippen LogP contribution in [0.3, 0.4) is 0 Å². The van der Waals surface area contributed by atoms with Gasteiger partial charge >= 0.3 is 42.2 Å². The van der Waals surface area contributed by atoms with Gasteiger partial charge in [-0.25, -0.2) is 0 Å². The molecule has 18 valence electrons. The summed E-state index contributed by atoms with van der Waals surface area (Å²) in [6, 6.07) is 0. The Morgan fingerprint density at radius 1 is 2.00 bits per heavy atom. The second kappa shape index (κ2) is 1.76. The standard InChI is InChI=1S/CH3N2.Na/c2-1-3;/h(H3,2,3);. The Hall–Kier alpha value is 0.470. The molecule has 0 radical (unpaired) electrons. The maximum absolute atomic E-state index is 6.34. The van der Waals surface area contributed by atoms with Crippen LogP contribution in [0.5, 0.6) is 0 Å². The average molecular weight is 66.0 g/mol. The molecule has 4 heavy (non-hydrogen) atoms. The van der Waals surface area contributed by atoms with E-state index >= 15 is 0 Å². The second-order valence-electron chi connectivity index (χ2n) is 0.683. The van der Waals surface area contributed by atoms with Crippen LogP contribution in [0.2, 0.25) is 0 Å². The Morgan fingerprint density at radius 2 is 2.00 bits per heavy atom. The van der Waals surface area contributed by atoms with Gasteiger partial charge in [0.1, 0.15) is 0 Å². The molecular formula is CH3N2Na. The molecule has 0 aromatic rings. The van der Waals surface area contributed by atoms with E-state index in [1.807, 2.05) is 0 Å². The van der Waals surface area contributed by atoms with E-state index in [2.05, 4.69) is 0 Å². The van der Waals surface area contributed by atoms with Gasteiger partial charge in [0, 0.05) is 0 Å². The Bertz CT molecular complexity index is 29.0. The van der Waals surface area contributed by atoms with E-state index < -0.39 is 0 Å². The van der Waals surface area contributed by atoms with Crippen molar-refractivity contribution < 1.29 is 0 Å². The molecule has 0 rings (SSSR count). The fourth-order valence-electron chi connectivity index (χ4n) is 0. The van der Waals surface area contributed by atoms with Crippen LogP contribution in [0.1, 0.15) is 0 Å². The molecule has 0 bridgehead atoms. The van der Waals surface area contributed by atoms with Gasteiger partial charge in [0.15, 0.2) is 0 Å². The fourth-order valence-corrected chi connectivity index (χ4v) is 0. The molecule has 0 aliphatic rings. The van der Waals surface area contributed by atoms with Crippen molar-refractivity contribution in [3.05, 3.63) is 0 Å². The minimum absolute atomic E-state index is 0.306. The van der Waals surface area contributed by atoms with Crippen molar-refractivity contribution in [1.29, 1.82) is 5.41 Å². The van der Waals surface area contributed by atoms with Gasteiger partial charge in [0.2, 0.25) is 0 Å². The van der Waals surface area contributed by atoms with Crippen LogP contribution in [0, 0.1) is 5.41 Å². The first-order valence-electron chi connectivity index (χ1n) is 1.04. The summed E-state index contributed by atoms with van der Waals surface area (Å²) in [5.74, 6) is 0. The van der Waals surface area contributed by atoms with Gasteiger partial charge in [-0.1, -0.05) is 0 Å². The molecule has 0 unspecified atom stereocenters. The van der Waals surface area contributed by atoms with Crippen LogP contribution in [0.4, 0.5) is 0 Å². The summed E-state index contributed by atoms with van der Waals surface area (Å²) in [6.07, 6.45) is 0. The zero-order valence-corrected chi connectivity index (χ0v) is 4.58. The van der Waals surface area contributed by atoms with Crippen molar-refractivity contribution in [2.75, 3.05) is 0 Å². The molecular weight excluding hydrogens is 63.0 g/mol. The quantitative estimate of drug-likeness (QED) is 0.214. The minimum atomic E-state index is 0.306. The fraction of sp³-hybridized carbons (Fsp3) is 0. The van der Waals surface area contributed by atoms with Gasteiger partial charge in [-0.3, -0.25) is 0 Å². The van der Waals surface area contributed by atoms with Crippen molar-refractivity contribution in [2.24, 2.45) is 5.73 Å². The Morgan fingerprint density at radius 3 is 2.00 bits per heavy atom. The van der Waals surface area contributed by atoms with Crippen molar-refractivity contribution >= 4 is 31.0 Å². The molecule has 0 aromatic carbocycles. The first-order valence-corrected chi connectivity index (χ1v) is 2.04. The van der Waals surface area contributed by atoms with Gasteiger partial charge < -0.3 is 0 Å². The number of hydrogen-bond donors (Lipinski definition) is 2. The topological polar surface area (TPSA) is 49.9 Å².